The fourth-order valence-corrected chi connectivity index (χ4v) is 3.41. The van der Waals surface area contributed by atoms with Gasteiger partial charge >= 0.3 is 0 Å². The highest BCUT2D eigenvalue weighted by Gasteiger charge is 2.30. The van der Waals surface area contributed by atoms with Crippen LogP contribution >= 0.6 is 0 Å². The topological polar surface area (TPSA) is 49.4 Å². The summed E-state index contributed by atoms with van der Waals surface area (Å²) in [6.45, 7) is 12.3. The third-order valence-corrected chi connectivity index (χ3v) is 4.93. The summed E-state index contributed by atoms with van der Waals surface area (Å²) in [5, 5.41) is 3.04. The average molecular weight is 395 g/mol. The number of benzene rings is 2. The van der Waals surface area contributed by atoms with Crippen LogP contribution in [-0.2, 0) is 22.6 Å². The largest absolute Gasteiger partial charge is 0.350 e. The van der Waals surface area contributed by atoms with E-state index in [0.717, 1.165) is 22.3 Å². The first-order valence-electron chi connectivity index (χ1n) is 10.3. The van der Waals surface area contributed by atoms with Crippen LogP contribution in [0.1, 0.15) is 56.4 Å². The standard InChI is InChI=1S/C25H34N2O2/c1-7-22(24(29)26-25(4,5)6)27(17-20-11-9-8-10-12-20)23(28)16-21-15-18(2)13-14-19(21)3/h8-15,22H,7,16-17H2,1-6H3,(H,26,29)/t22-/m0/s1. The molecule has 0 unspecified atom stereocenters. The molecule has 2 aromatic rings. The molecule has 0 saturated carbocycles. The van der Waals surface area contributed by atoms with Crippen molar-refractivity contribution < 1.29 is 9.59 Å². The summed E-state index contributed by atoms with van der Waals surface area (Å²) in [5.41, 5.74) is 3.91. The zero-order chi connectivity index (χ0) is 21.6. The van der Waals surface area contributed by atoms with Crippen molar-refractivity contribution in [2.45, 2.75) is 72.5 Å². The van der Waals surface area contributed by atoms with E-state index in [1.807, 2.05) is 77.9 Å². The summed E-state index contributed by atoms with van der Waals surface area (Å²) in [4.78, 5) is 28.1. The number of amides is 2. The Hall–Kier alpha value is -2.62. The lowest BCUT2D eigenvalue weighted by Crippen LogP contribution is -2.53. The zero-order valence-corrected chi connectivity index (χ0v) is 18.6. The van der Waals surface area contributed by atoms with Crippen molar-refractivity contribution in [3.05, 3.63) is 70.8 Å². The Morgan fingerprint density at radius 1 is 1.03 bits per heavy atom. The van der Waals surface area contributed by atoms with E-state index in [2.05, 4.69) is 17.4 Å². The normalized spacial score (nSPS) is 12.3. The molecule has 0 spiro atoms. The number of rotatable bonds is 7. The molecule has 0 aliphatic carbocycles. The molecule has 29 heavy (non-hydrogen) atoms. The highest BCUT2D eigenvalue weighted by Crippen LogP contribution is 2.18. The van der Waals surface area contributed by atoms with Crippen LogP contribution in [0.25, 0.3) is 0 Å². The van der Waals surface area contributed by atoms with Crippen molar-refractivity contribution in [1.82, 2.24) is 10.2 Å². The smallest absolute Gasteiger partial charge is 0.243 e. The zero-order valence-electron chi connectivity index (χ0n) is 18.6. The van der Waals surface area contributed by atoms with Gasteiger partial charge in [0.1, 0.15) is 6.04 Å². The Kier molecular flexibility index (Phi) is 7.60. The number of nitrogens with zero attached hydrogens (tertiary/aromatic N) is 1. The Bertz CT molecular complexity index is 838. The fourth-order valence-electron chi connectivity index (χ4n) is 3.41. The predicted molar refractivity (Wildman–Crippen MR) is 119 cm³/mol. The SMILES string of the molecule is CC[C@@H](C(=O)NC(C)(C)C)N(Cc1ccccc1)C(=O)Cc1cc(C)ccc1C. The quantitative estimate of drug-likeness (QED) is 0.748. The van der Waals surface area contributed by atoms with E-state index in [9.17, 15) is 9.59 Å². The third kappa shape index (κ3) is 6.74. The van der Waals surface area contributed by atoms with Gasteiger partial charge in [-0.05, 0) is 57.7 Å². The number of carbonyl (C=O) groups excluding carboxylic acids is 2. The molecule has 0 heterocycles. The minimum atomic E-state index is -0.507. The van der Waals surface area contributed by atoms with E-state index in [-0.39, 0.29) is 17.4 Å². The number of aryl methyl sites for hydroxylation is 2. The van der Waals surface area contributed by atoms with Gasteiger partial charge in [-0.3, -0.25) is 9.59 Å². The van der Waals surface area contributed by atoms with Crippen molar-refractivity contribution in [1.29, 1.82) is 0 Å². The summed E-state index contributed by atoms with van der Waals surface area (Å²) in [6, 6.07) is 15.5. The molecule has 4 heteroatoms. The molecular formula is C25H34N2O2. The van der Waals surface area contributed by atoms with Gasteiger partial charge in [0.15, 0.2) is 0 Å². The van der Waals surface area contributed by atoms with Gasteiger partial charge in [-0.15, -0.1) is 0 Å². The summed E-state index contributed by atoms with van der Waals surface area (Å²) in [6.07, 6.45) is 0.854. The van der Waals surface area contributed by atoms with E-state index in [1.165, 1.54) is 0 Å². The lowest BCUT2D eigenvalue weighted by atomic mass is 10.0. The minimum absolute atomic E-state index is 0.0292. The van der Waals surface area contributed by atoms with Crippen LogP contribution < -0.4 is 5.32 Å². The fraction of sp³-hybridized carbons (Fsp3) is 0.440. The first kappa shape index (κ1) is 22.7. The molecule has 0 aromatic heterocycles. The van der Waals surface area contributed by atoms with E-state index in [0.29, 0.717) is 19.4 Å². The van der Waals surface area contributed by atoms with Crippen LogP contribution in [0.4, 0.5) is 0 Å². The summed E-state index contributed by atoms with van der Waals surface area (Å²) >= 11 is 0. The lowest BCUT2D eigenvalue weighted by molar-refractivity contribution is -0.141. The second kappa shape index (κ2) is 9.73. The van der Waals surface area contributed by atoms with Gasteiger partial charge in [0.25, 0.3) is 0 Å². The van der Waals surface area contributed by atoms with Crippen molar-refractivity contribution in [3.63, 3.8) is 0 Å². The second-order valence-corrected chi connectivity index (χ2v) is 8.78. The molecule has 2 aromatic carbocycles. The first-order valence-corrected chi connectivity index (χ1v) is 10.3. The van der Waals surface area contributed by atoms with Crippen LogP contribution in [0.15, 0.2) is 48.5 Å². The average Bonchev–Trinajstić information content (AvgIpc) is 2.64. The predicted octanol–water partition coefficient (Wildman–Crippen LogP) is 4.57. The lowest BCUT2D eigenvalue weighted by Gasteiger charge is -2.33. The Balaban J connectivity index is 2.33. The van der Waals surface area contributed by atoms with Crippen LogP contribution in [-0.4, -0.2) is 28.3 Å². The van der Waals surface area contributed by atoms with E-state index in [4.69, 9.17) is 0 Å². The van der Waals surface area contributed by atoms with Crippen molar-refractivity contribution in [2.24, 2.45) is 0 Å². The summed E-state index contributed by atoms with van der Waals surface area (Å²) in [7, 11) is 0. The summed E-state index contributed by atoms with van der Waals surface area (Å²) in [5.74, 6) is -0.135. The maximum absolute atomic E-state index is 13.4. The summed E-state index contributed by atoms with van der Waals surface area (Å²) < 4.78 is 0. The van der Waals surface area contributed by atoms with Gasteiger partial charge in [-0.25, -0.2) is 0 Å². The number of nitrogens with one attached hydrogen (secondary N) is 1. The molecule has 156 valence electrons. The molecule has 1 atom stereocenters. The Labute approximate surface area is 175 Å². The molecule has 0 radical (unpaired) electrons. The second-order valence-electron chi connectivity index (χ2n) is 8.78. The van der Waals surface area contributed by atoms with E-state index < -0.39 is 6.04 Å². The molecule has 0 saturated heterocycles. The highest BCUT2D eigenvalue weighted by atomic mass is 16.2. The molecule has 4 nitrogen and oxygen atoms in total. The van der Waals surface area contributed by atoms with Gasteiger partial charge in [-0.2, -0.15) is 0 Å². The molecule has 0 aliphatic rings. The molecule has 2 rings (SSSR count). The number of hydrogen-bond donors (Lipinski definition) is 1. The molecule has 1 N–H and O–H groups in total. The Morgan fingerprint density at radius 3 is 2.28 bits per heavy atom. The number of hydrogen-bond acceptors (Lipinski definition) is 2. The van der Waals surface area contributed by atoms with Crippen LogP contribution in [0.3, 0.4) is 0 Å². The maximum Gasteiger partial charge on any atom is 0.243 e. The van der Waals surface area contributed by atoms with E-state index >= 15 is 0 Å². The van der Waals surface area contributed by atoms with Gasteiger partial charge in [0, 0.05) is 12.1 Å². The highest BCUT2D eigenvalue weighted by molar-refractivity contribution is 5.89. The van der Waals surface area contributed by atoms with Gasteiger partial charge in [-0.1, -0.05) is 61.0 Å². The molecule has 2 amide bonds. The minimum Gasteiger partial charge on any atom is -0.350 e. The molecule has 0 fully saturated rings. The van der Waals surface area contributed by atoms with Crippen LogP contribution in [0.2, 0.25) is 0 Å². The first-order chi connectivity index (χ1) is 13.6. The van der Waals surface area contributed by atoms with E-state index in [1.54, 1.807) is 4.90 Å². The van der Waals surface area contributed by atoms with Crippen molar-refractivity contribution in [2.75, 3.05) is 0 Å². The Morgan fingerprint density at radius 2 is 1.69 bits per heavy atom. The molecular weight excluding hydrogens is 360 g/mol. The number of carbonyl (C=O) groups is 2. The van der Waals surface area contributed by atoms with Gasteiger partial charge < -0.3 is 10.2 Å². The monoisotopic (exact) mass is 394 g/mol. The third-order valence-electron chi connectivity index (χ3n) is 4.93. The van der Waals surface area contributed by atoms with Gasteiger partial charge in [0.2, 0.25) is 11.8 Å². The van der Waals surface area contributed by atoms with Crippen LogP contribution in [0.5, 0.6) is 0 Å². The van der Waals surface area contributed by atoms with Gasteiger partial charge in [0.05, 0.1) is 6.42 Å². The van der Waals surface area contributed by atoms with Crippen molar-refractivity contribution in [3.8, 4) is 0 Å². The maximum atomic E-state index is 13.4. The molecule has 0 aliphatic heterocycles. The van der Waals surface area contributed by atoms with Crippen molar-refractivity contribution >= 4 is 11.8 Å². The van der Waals surface area contributed by atoms with Crippen LogP contribution in [0, 0.1) is 13.8 Å². The molecule has 0 bridgehead atoms.